The summed E-state index contributed by atoms with van der Waals surface area (Å²) < 4.78 is 2.11. The van der Waals surface area contributed by atoms with Crippen molar-refractivity contribution in [2.45, 2.75) is 6.54 Å². The zero-order valence-corrected chi connectivity index (χ0v) is 9.22. The predicted molar refractivity (Wildman–Crippen MR) is 63.2 cm³/mol. The Morgan fingerprint density at radius 3 is 2.13 bits per heavy atom. The lowest BCUT2D eigenvalue weighted by molar-refractivity contribution is 0.402. The molecule has 0 N–H and O–H groups in total. The Labute approximate surface area is 90.8 Å². The fraction of sp³-hybridized carbons (Fsp3) is 0.231. The van der Waals surface area contributed by atoms with Crippen LogP contribution in [-0.2, 0) is 6.54 Å². The summed E-state index contributed by atoms with van der Waals surface area (Å²) in [4.78, 5) is 2.17. The van der Waals surface area contributed by atoms with E-state index in [1.54, 1.807) is 0 Å². The highest BCUT2D eigenvalue weighted by molar-refractivity contribution is 5.35. The Morgan fingerprint density at radius 2 is 1.60 bits per heavy atom. The number of hydrogen-bond donors (Lipinski definition) is 0. The van der Waals surface area contributed by atoms with Crippen molar-refractivity contribution in [1.29, 1.82) is 0 Å². The van der Waals surface area contributed by atoms with Crippen LogP contribution in [0.15, 0.2) is 48.8 Å². The summed E-state index contributed by atoms with van der Waals surface area (Å²) in [6, 6.07) is 12.7. The van der Waals surface area contributed by atoms with Crippen LogP contribution >= 0.6 is 0 Å². The summed E-state index contributed by atoms with van der Waals surface area (Å²) in [6.45, 7) is 0.992. The van der Waals surface area contributed by atoms with E-state index < -0.39 is 0 Å². The molecule has 0 unspecified atom stereocenters. The molecule has 78 valence electrons. The number of rotatable bonds is 3. The van der Waals surface area contributed by atoms with Gasteiger partial charge in [0.15, 0.2) is 0 Å². The third kappa shape index (κ3) is 2.48. The summed E-state index contributed by atoms with van der Waals surface area (Å²) in [7, 11) is 4.17. The Hall–Kier alpha value is -1.54. The molecule has 0 aliphatic rings. The molecule has 0 saturated carbocycles. The van der Waals surface area contributed by atoms with Gasteiger partial charge in [0.25, 0.3) is 0 Å². The smallest absolute Gasteiger partial charge is 0.0449 e. The first-order chi connectivity index (χ1) is 7.25. The van der Waals surface area contributed by atoms with Crippen molar-refractivity contribution in [2.24, 2.45) is 0 Å². The molecule has 1 heterocycles. The van der Waals surface area contributed by atoms with Crippen LogP contribution in [0, 0.1) is 0 Å². The Bertz CT molecular complexity index is 399. The monoisotopic (exact) mass is 200 g/mol. The number of nitrogens with zero attached hydrogens (tertiary/aromatic N) is 2. The van der Waals surface area contributed by atoms with Crippen molar-refractivity contribution in [1.82, 2.24) is 9.47 Å². The molecule has 0 amide bonds. The summed E-state index contributed by atoms with van der Waals surface area (Å²) in [6.07, 6.45) is 4.11. The van der Waals surface area contributed by atoms with E-state index in [0.29, 0.717) is 0 Å². The molecule has 2 rings (SSSR count). The quantitative estimate of drug-likeness (QED) is 0.739. The maximum absolute atomic E-state index is 2.18. The molecule has 2 nitrogen and oxygen atoms in total. The summed E-state index contributed by atoms with van der Waals surface area (Å²) in [5.41, 5.74) is 2.55. The second-order valence-electron chi connectivity index (χ2n) is 3.99. The molecule has 1 aromatic carbocycles. The van der Waals surface area contributed by atoms with Crippen LogP contribution in [0.2, 0.25) is 0 Å². The van der Waals surface area contributed by atoms with E-state index in [4.69, 9.17) is 0 Å². The number of aromatic nitrogens is 1. The molecular weight excluding hydrogens is 184 g/mol. The fourth-order valence-electron chi connectivity index (χ4n) is 1.65. The largest absolute Gasteiger partial charge is 0.324 e. The Balaban J connectivity index is 2.17. The van der Waals surface area contributed by atoms with Crippen molar-refractivity contribution in [3.8, 4) is 5.69 Å². The minimum absolute atomic E-state index is 0.992. The maximum atomic E-state index is 2.18. The van der Waals surface area contributed by atoms with E-state index in [2.05, 4.69) is 60.2 Å². The van der Waals surface area contributed by atoms with Crippen molar-refractivity contribution >= 4 is 0 Å². The van der Waals surface area contributed by atoms with Crippen LogP contribution in [0.5, 0.6) is 0 Å². The SMILES string of the molecule is CN(C)Cc1ccc(-n2cccc2)cc1. The fourth-order valence-corrected chi connectivity index (χ4v) is 1.65. The average Bonchev–Trinajstić information content (AvgIpc) is 2.71. The molecule has 2 aromatic rings. The molecular formula is C13H16N2. The van der Waals surface area contributed by atoms with Gasteiger partial charge >= 0.3 is 0 Å². The molecule has 0 aliphatic carbocycles. The van der Waals surface area contributed by atoms with E-state index >= 15 is 0 Å². The van der Waals surface area contributed by atoms with Crippen LogP contribution < -0.4 is 0 Å². The average molecular weight is 200 g/mol. The van der Waals surface area contributed by atoms with Crippen molar-refractivity contribution < 1.29 is 0 Å². The lowest BCUT2D eigenvalue weighted by Crippen LogP contribution is -2.10. The van der Waals surface area contributed by atoms with Crippen molar-refractivity contribution in [3.05, 3.63) is 54.4 Å². The second-order valence-corrected chi connectivity index (χ2v) is 3.99. The van der Waals surface area contributed by atoms with Gasteiger partial charge in [-0.15, -0.1) is 0 Å². The lowest BCUT2D eigenvalue weighted by Gasteiger charge is -2.10. The van der Waals surface area contributed by atoms with Gasteiger partial charge in [-0.05, 0) is 43.9 Å². The lowest BCUT2D eigenvalue weighted by atomic mass is 10.2. The van der Waals surface area contributed by atoms with Crippen LogP contribution in [0.25, 0.3) is 5.69 Å². The minimum Gasteiger partial charge on any atom is -0.324 e. The second kappa shape index (κ2) is 4.32. The topological polar surface area (TPSA) is 8.17 Å². The van der Waals surface area contributed by atoms with Gasteiger partial charge < -0.3 is 9.47 Å². The van der Waals surface area contributed by atoms with Crippen LogP contribution in [0.1, 0.15) is 5.56 Å². The molecule has 0 radical (unpaired) electrons. The van der Waals surface area contributed by atoms with Crippen LogP contribution in [-0.4, -0.2) is 23.6 Å². The molecule has 1 aromatic heterocycles. The van der Waals surface area contributed by atoms with Gasteiger partial charge in [0.1, 0.15) is 0 Å². The third-order valence-corrected chi connectivity index (χ3v) is 2.34. The maximum Gasteiger partial charge on any atom is 0.0449 e. The van der Waals surface area contributed by atoms with Crippen LogP contribution in [0.4, 0.5) is 0 Å². The molecule has 0 atom stereocenters. The highest BCUT2D eigenvalue weighted by atomic mass is 15.0. The van der Waals surface area contributed by atoms with Gasteiger partial charge in [-0.3, -0.25) is 0 Å². The van der Waals surface area contributed by atoms with Gasteiger partial charge in [0, 0.05) is 24.6 Å². The first kappa shape index (κ1) is 9.99. The first-order valence-corrected chi connectivity index (χ1v) is 5.13. The van der Waals surface area contributed by atoms with Gasteiger partial charge in [0.05, 0.1) is 0 Å². The van der Waals surface area contributed by atoms with Gasteiger partial charge in [-0.2, -0.15) is 0 Å². The molecule has 15 heavy (non-hydrogen) atoms. The molecule has 0 bridgehead atoms. The van der Waals surface area contributed by atoms with Gasteiger partial charge in [0.2, 0.25) is 0 Å². The standard InChI is InChI=1S/C13H16N2/c1-14(2)11-12-5-7-13(8-6-12)15-9-3-4-10-15/h3-10H,11H2,1-2H3. The summed E-state index contributed by atoms with van der Waals surface area (Å²) in [5, 5.41) is 0. The molecule has 0 aliphatic heterocycles. The van der Waals surface area contributed by atoms with E-state index in [-0.39, 0.29) is 0 Å². The number of hydrogen-bond acceptors (Lipinski definition) is 1. The van der Waals surface area contributed by atoms with E-state index in [1.165, 1.54) is 11.3 Å². The van der Waals surface area contributed by atoms with Crippen LogP contribution in [0.3, 0.4) is 0 Å². The normalized spacial score (nSPS) is 10.9. The molecule has 0 saturated heterocycles. The Kier molecular flexibility index (Phi) is 2.88. The molecule has 2 heteroatoms. The summed E-state index contributed by atoms with van der Waals surface area (Å²) >= 11 is 0. The Morgan fingerprint density at radius 1 is 1.00 bits per heavy atom. The highest BCUT2D eigenvalue weighted by Gasteiger charge is 1.96. The third-order valence-electron chi connectivity index (χ3n) is 2.34. The summed E-state index contributed by atoms with van der Waals surface area (Å²) in [5.74, 6) is 0. The predicted octanol–water partition coefficient (Wildman–Crippen LogP) is 2.54. The van der Waals surface area contributed by atoms with Crippen molar-refractivity contribution in [3.63, 3.8) is 0 Å². The van der Waals surface area contributed by atoms with Gasteiger partial charge in [-0.25, -0.2) is 0 Å². The zero-order valence-electron chi connectivity index (χ0n) is 9.22. The molecule has 0 fully saturated rings. The van der Waals surface area contributed by atoms with Gasteiger partial charge in [-0.1, -0.05) is 12.1 Å². The van der Waals surface area contributed by atoms with E-state index in [1.807, 2.05) is 12.1 Å². The minimum atomic E-state index is 0.992. The van der Waals surface area contributed by atoms with E-state index in [9.17, 15) is 0 Å². The first-order valence-electron chi connectivity index (χ1n) is 5.13. The number of benzene rings is 1. The zero-order chi connectivity index (χ0) is 10.7. The van der Waals surface area contributed by atoms with Crippen molar-refractivity contribution in [2.75, 3.05) is 14.1 Å². The molecule has 0 spiro atoms. The highest BCUT2D eigenvalue weighted by Crippen LogP contribution is 2.10. The van der Waals surface area contributed by atoms with E-state index in [0.717, 1.165) is 6.54 Å².